The first-order valence-corrected chi connectivity index (χ1v) is 5.16. The van der Waals surface area contributed by atoms with Crippen LogP contribution in [0.3, 0.4) is 0 Å². The van der Waals surface area contributed by atoms with Crippen LogP contribution in [0.4, 0.5) is 5.82 Å². The largest absolute Gasteiger partial charge is 0.379 e. The van der Waals surface area contributed by atoms with Gasteiger partial charge in [0.05, 0.1) is 0 Å². The number of hydrogen-bond donors (Lipinski definition) is 2. The van der Waals surface area contributed by atoms with Crippen molar-refractivity contribution in [3.05, 3.63) is 40.5 Å². The maximum atomic E-state index is 11.6. The molecule has 0 aliphatic rings. The Hall–Kier alpha value is -2.08. The maximum Gasteiger partial charge on any atom is 0.277 e. The number of aromatic nitrogens is 2. The number of nitrogens with one attached hydrogen (secondary N) is 1. The molecule has 0 radical (unpaired) electrons. The van der Waals surface area contributed by atoms with Crippen LogP contribution in [0.2, 0.25) is 5.02 Å². The van der Waals surface area contributed by atoms with Crippen LogP contribution in [0.25, 0.3) is 0 Å². The Labute approximate surface area is 102 Å². The smallest absolute Gasteiger partial charge is 0.277 e. The number of carbonyl (C=O) groups excluding carboxylic acids is 1. The summed E-state index contributed by atoms with van der Waals surface area (Å²) >= 11 is 5.94. The number of carbonyl (C=O) groups is 1. The van der Waals surface area contributed by atoms with Crippen LogP contribution < -0.4 is 11.1 Å². The van der Waals surface area contributed by atoms with Crippen molar-refractivity contribution < 1.29 is 9.42 Å². The molecule has 0 saturated heterocycles. The van der Waals surface area contributed by atoms with Crippen LogP contribution >= 0.6 is 11.6 Å². The monoisotopic (exact) mass is 252 g/mol. The van der Waals surface area contributed by atoms with E-state index < -0.39 is 5.91 Å². The van der Waals surface area contributed by atoms with Crippen LogP contribution in [-0.2, 0) is 6.54 Å². The summed E-state index contributed by atoms with van der Waals surface area (Å²) in [7, 11) is 0. The van der Waals surface area contributed by atoms with E-state index in [2.05, 4.69) is 20.3 Å². The Morgan fingerprint density at radius 1 is 1.41 bits per heavy atom. The third kappa shape index (κ3) is 2.54. The first kappa shape index (κ1) is 11.4. The summed E-state index contributed by atoms with van der Waals surface area (Å²) in [6, 6.07) is 7.20. The minimum Gasteiger partial charge on any atom is -0.379 e. The number of benzene rings is 1. The van der Waals surface area contributed by atoms with Gasteiger partial charge >= 0.3 is 0 Å². The van der Waals surface area contributed by atoms with Crippen LogP contribution in [-0.4, -0.2) is 16.2 Å². The molecule has 17 heavy (non-hydrogen) atoms. The van der Waals surface area contributed by atoms with E-state index in [4.69, 9.17) is 17.3 Å². The van der Waals surface area contributed by atoms with Gasteiger partial charge in [0.25, 0.3) is 5.91 Å². The van der Waals surface area contributed by atoms with Crippen molar-refractivity contribution in [1.82, 2.24) is 15.6 Å². The number of anilines is 1. The summed E-state index contributed by atoms with van der Waals surface area (Å²) in [5.41, 5.74) is 6.16. The quantitative estimate of drug-likeness (QED) is 0.857. The number of rotatable bonds is 3. The van der Waals surface area contributed by atoms with Gasteiger partial charge in [-0.15, -0.1) is 0 Å². The highest BCUT2D eigenvalue weighted by Crippen LogP contribution is 2.14. The SMILES string of the molecule is Nc1nonc1C(=O)NCc1ccccc1Cl. The third-order valence-corrected chi connectivity index (χ3v) is 2.49. The van der Waals surface area contributed by atoms with E-state index in [-0.39, 0.29) is 18.1 Å². The van der Waals surface area contributed by atoms with Crippen molar-refractivity contribution >= 4 is 23.3 Å². The molecule has 0 saturated carbocycles. The highest BCUT2D eigenvalue weighted by molar-refractivity contribution is 6.31. The second-order valence-electron chi connectivity index (χ2n) is 3.27. The molecule has 0 fully saturated rings. The van der Waals surface area contributed by atoms with Gasteiger partial charge in [-0.05, 0) is 21.9 Å². The minimum atomic E-state index is -0.455. The molecule has 1 heterocycles. The summed E-state index contributed by atoms with van der Waals surface area (Å²) in [5, 5.41) is 9.91. The van der Waals surface area contributed by atoms with Gasteiger partial charge in [-0.2, -0.15) is 0 Å². The fourth-order valence-corrected chi connectivity index (χ4v) is 1.46. The van der Waals surface area contributed by atoms with Crippen LogP contribution in [0, 0.1) is 0 Å². The summed E-state index contributed by atoms with van der Waals surface area (Å²) in [4.78, 5) is 11.6. The maximum absolute atomic E-state index is 11.6. The lowest BCUT2D eigenvalue weighted by Gasteiger charge is -2.04. The zero-order valence-electron chi connectivity index (χ0n) is 8.68. The summed E-state index contributed by atoms with van der Waals surface area (Å²) < 4.78 is 4.33. The molecule has 3 N–H and O–H groups in total. The molecule has 1 aromatic carbocycles. The van der Waals surface area contributed by atoms with Crippen LogP contribution in [0.15, 0.2) is 28.9 Å². The van der Waals surface area contributed by atoms with Gasteiger partial charge in [0.2, 0.25) is 11.5 Å². The Bertz CT molecular complexity index is 541. The normalized spacial score (nSPS) is 10.2. The van der Waals surface area contributed by atoms with Crippen molar-refractivity contribution in [1.29, 1.82) is 0 Å². The average molecular weight is 253 g/mol. The predicted octanol–water partition coefficient (Wildman–Crippen LogP) is 1.24. The zero-order chi connectivity index (χ0) is 12.3. The lowest BCUT2D eigenvalue weighted by molar-refractivity contribution is 0.0941. The van der Waals surface area contributed by atoms with E-state index in [0.29, 0.717) is 5.02 Å². The van der Waals surface area contributed by atoms with Gasteiger partial charge in [-0.25, -0.2) is 4.63 Å². The van der Waals surface area contributed by atoms with E-state index >= 15 is 0 Å². The Balaban J connectivity index is 2.02. The number of hydrogen-bond acceptors (Lipinski definition) is 5. The third-order valence-electron chi connectivity index (χ3n) is 2.13. The molecule has 0 atom stereocenters. The van der Waals surface area contributed by atoms with Crippen molar-refractivity contribution in [2.24, 2.45) is 0 Å². The van der Waals surface area contributed by atoms with E-state index in [1.807, 2.05) is 18.2 Å². The Morgan fingerprint density at radius 3 is 2.82 bits per heavy atom. The first-order valence-electron chi connectivity index (χ1n) is 4.78. The summed E-state index contributed by atoms with van der Waals surface area (Å²) in [6.45, 7) is 0.283. The Morgan fingerprint density at radius 2 is 2.18 bits per heavy atom. The van der Waals surface area contributed by atoms with Gasteiger partial charge < -0.3 is 11.1 Å². The molecule has 6 nitrogen and oxygen atoms in total. The molecular weight excluding hydrogens is 244 g/mol. The molecule has 0 aliphatic carbocycles. The molecule has 0 spiro atoms. The second-order valence-corrected chi connectivity index (χ2v) is 3.68. The molecule has 0 aliphatic heterocycles. The van der Waals surface area contributed by atoms with Crippen molar-refractivity contribution in [2.45, 2.75) is 6.54 Å². The lowest BCUT2D eigenvalue weighted by Crippen LogP contribution is -2.24. The molecule has 2 rings (SSSR count). The Kier molecular flexibility index (Phi) is 3.24. The molecule has 7 heteroatoms. The number of amides is 1. The van der Waals surface area contributed by atoms with Gasteiger partial charge in [0.15, 0.2) is 0 Å². The predicted molar refractivity (Wildman–Crippen MR) is 61.3 cm³/mol. The van der Waals surface area contributed by atoms with Crippen molar-refractivity contribution in [2.75, 3.05) is 5.73 Å². The summed E-state index contributed by atoms with van der Waals surface area (Å²) in [6.07, 6.45) is 0. The zero-order valence-corrected chi connectivity index (χ0v) is 9.44. The van der Waals surface area contributed by atoms with Crippen molar-refractivity contribution in [3.8, 4) is 0 Å². The summed E-state index contributed by atoms with van der Waals surface area (Å²) in [5.74, 6) is -0.495. The standard InChI is InChI=1S/C10H9ClN4O2/c11-7-4-2-1-3-6(7)5-13-10(16)8-9(12)15-17-14-8/h1-4H,5H2,(H2,12,15)(H,13,16). The van der Waals surface area contributed by atoms with Crippen LogP contribution in [0.5, 0.6) is 0 Å². The molecule has 0 unspecified atom stereocenters. The van der Waals surface area contributed by atoms with Crippen LogP contribution in [0.1, 0.15) is 16.1 Å². The first-order chi connectivity index (χ1) is 8.18. The van der Waals surface area contributed by atoms with Crippen molar-refractivity contribution in [3.63, 3.8) is 0 Å². The highest BCUT2D eigenvalue weighted by Gasteiger charge is 2.15. The number of nitrogens with two attached hydrogens (primary N) is 1. The van der Waals surface area contributed by atoms with E-state index in [1.165, 1.54) is 0 Å². The fraction of sp³-hybridized carbons (Fsp3) is 0.100. The molecule has 88 valence electrons. The highest BCUT2D eigenvalue weighted by atomic mass is 35.5. The van der Waals surface area contributed by atoms with E-state index in [9.17, 15) is 4.79 Å². The number of halogens is 1. The molecule has 1 amide bonds. The second kappa shape index (κ2) is 4.84. The van der Waals surface area contributed by atoms with Gasteiger partial charge in [-0.3, -0.25) is 4.79 Å². The number of nitrogen functional groups attached to an aromatic ring is 1. The van der Waals surface area contributed by atoms with E-state index in [1.54, 1.807) is 6.07 Å². The van der Waals surface area contributed by atoms with Gasteiger partial charge in [-0.1, -0.05) is 29.8 Å². The molecule has 1 aromatic heterocycles. The van der Waals surface area contributed by atoms with E-state index in [0.717, 1.165) is 5.56 Å². The minimum absolute atomic E-state index is 0.0305. The van der Waals surface area contributed by atoms with Gasteiger partial charge in [0, 0.05) is 11.6 Å². The molecular formula is C10H9ClN4O2. The number of nitrogens with zero attached hydrogens (tertiary/aromatic N) is 2. The van der Waals surface area contributed by atoms with Gasteiger partial charge in [0.1, 0.15) is 0 Å². The molecule has 2 aromatic rings. The fourth-order valence-electron chi connectivity index (χ4n) is 1.25. The average Bonchev–Trinajstić information content (AvgIpc) is 2.74. The lowest BCUT2D eigenvalue weighted by atomic mass is 10.2. The topological polar surface area (TPSA) is 94.0 Å². The molecule has 0 bridgehead atoms.